The molecule has 1 aliphatic carbocycles. The summed E-state index contributed by atoms with van der Waals surface area (Å²) in [7, 11) is 0. The van der Waals surface area contributed by atoms with Gasteiger partial charge in [0.15, 0.2) is 5.78 Å². The molecule has 1 saturated heterocycles. The van der Waals surface area contributed by atoms with Crippen molar-refractivity contribution in [2.75, 3.05) is 6.54 Å². The topological polar surface area (TPSA) is 66.5 Å². The summed E-state index contributed by atoms with van der Waals surface area (Å²) >= 11 is 6.61. The van der Waals surface area contributed by atoms with Crippen molar-refractivity contribution in [3.05, 3.63) is 63.7 Å². The van der Waals surface area contributed by atoms with Crippen LogP contribution in [0.25, 0.3) is 6.08 Å². The predicted molar refractivity (Wildman–Crippen MR) is 113 cm³/mol. The molecule has 1 unspecified atom stereocenters. The second kappa shape index (κ2) is 7.95. The fraction of sp³-hybridized carbons (Fsp3) is 0.238. The van der Waals surface area contributed by atoms with Gasteiger partial charge in [0.05, 0.1) is 17.7 Å². The molecule has 0 radical (unpaired) electrons. The summed E-state index contributed by atoms with van der Waals surface area (Å²) in [4.78, 5) is 39.3. The number of fused-ring (bicyclic) bond motifs is 1. The van der Waals surface area contributed by atoms with Gasteiger partial charge in [-0.1, -0.05) is 48.1 Å². The maximum atomic E-state index is 13.1. The van der Waals surface area contributed by atoms with Crippen LogP contribution >= 0.6 is 24.0 Å². The second-order valence-electron chi connectivity index (χ2n) is 6.89. The lowest BCUT2D eigenvalue weighted by Gasteiger charge is -2.26. The average Bonchev–Trinajstić information content (AvgIpc) is 3.29. The van der Waals surface area contributed by atoms with Gasteiger partial charge in [0, 0.05) is 29.4 Å². The Kier molecular flexibility index (Phi) is 5.39. The zero-order valence-electron chi connectivity index (χ0n) is 15.0. The van der Waals surface area contributed by atoms with E-state index in [9.17, 15) is 14.4 Å². The van der Waals surface area contributed by atoms with Gasteiger partial charge in [0.25, 0.3) is 0 Å². The minimum Gasteiger partial charge on any atom is -0.302 e. The Labute approximate surface area is 172 Å². The van der Waals surface area contributed by atoms with Gasteiger partial charge in [0.2, 0.25) is 5.91 Å². The van der Waals surface area contributed by atoms with Crippen molar-refractivity contribution in [1.82, 2.24) is 10.2 Å². The van der Waals surface area contributed by atoms with E-state index < -0.39 is 12.0 Å². The lowest BCUT2D eigenvalue weighted by atomic mass is 9.94. The van der Waals surface area contributed by atoms with E-state index in [4.69, 9.17) is 12.2 Å². The molecular weight excluding hydrogens is 392 g/mol. The zero-order chi connectivity index (χ0) is 19.7. The van der Waals surface area contributed by atoms with Crippen molar-refractivity contribution >= 4 is 52.9 Å². The number of benzene rings is 1. The standard InChI is InChI=1S/C21H18N2O3S2/c24-11-16-20(18(27)10-22-16)21(26)17-12-28-6-5-23(17)19(25)9-13-7-14-3-1-2-4-15(14)8-13/h1-7,11-12,16,20,22H,8-10H2/t16-,20?/m1/s1. The van der Waals surface area contributed by atoms with Crippen molar-refractivity contribution in [1.29, 1.82) is 0 Å². The third kappa shape index (κ3) is 3.53. The molecule has 0 saturated carbocycles. The second-order valence-corrected chi connectivity index (χ2v) is 8.20. The van der Waals surface area contributed by atoms with Gasteiger partial charge in [-0.3, -0.25) is 14.5 Å². The normalized spacial score (nSPS) is 23.3. The number of carbonyl (C=O) groups is 3. The average molecular weight is 411 g/mol. The van der Waals surface area contributed by atoms with Crippen molar-refractivity contribution < 1.29 is 14.4 Å². The van der Waals surface area contributed by atoms with E-state index in [2.05, 4.69) is 11.4 Å². The summed E-state index contributed by atoms with van der Waals surface area (Å²) in [5.41, 5.74) is 3.64. The van der Waals surface area contributed by atoms with E-state index in [0.29, 0.717) is 17.7 Å². The molecule has 1 amide bonds. The van der Waals surface area contributed by atoms with Crippen LogP contribution in [0.4, 0.5) is 0 Å². The van der Waals surface area contributed by atoms with E-state index in [1.807, 2.05) is 24.3 Å². The Hall–Kier alpha value is -2.35. The summed E-state index contributed by atoms with van der Waals surface area (Å²) in [6.07, 6.45) is 5.34. The number of amides is 1. The fourth-order valence-corrected chi connectivity index (χ4v) is 4.68. The van der Waals surface area contributed by atoms with Crippen LogP contribution in [-0.4, -0.2) is 40.3 Å². The minimum atomic E-state index is -0.712. The molecule has 5 nitrogen and oxygen atoms in total. The molecule has 2 heterocycles. The third-order valence-electron chi connectivity index (χ3n) is 5.11. The van der Waals surface area contributed by atoms with Crippen LogP contribution in [-0.2, 0) is 20.8 Å². The first-order valence-electron chi connectivity index (χ1n) is 8.96. The van der Waals surface area contributed by atoms with E-state index >= 15 is 0 Å². The van der Waals surface area contributed by atoms with Gasteiger partial charge in [-0.2, -0.15) is 0 Å². The highest BCUT2D eigenvalue weighted by Crippen LogP contribution is 2.30. The molecular formula is C21H18N2O3S2. The van der Waals surface area contributed by atoms with Crippen molar-refractivity contribution in [3.8, 4) is 0 Å². The highest BCUT2D eigenvalue weighted by molar-refractivity contribution is 8.05. The molecule has 0 spiro atoms. The highest BCUT2D eigenvalue weighted by Gasteiger charge is 2.40. The van der Waals surface area contributed by atoms with Crippen molar-refractivity contribution in [2.24, 2.45) is 5.92 Å². The molecule has 1 aromatic rings. The Bertz CT molecular complexity index is 964. The van der Waals surface area contributed by atoms with Crippen LogP contribution in [0.2, 0.25) is 0 Å². The number of ketones is 1. The molecule has 1 N–H and O–H groups in total. The number of Topliss-reactive ketones (excluding diaryl/α,β-unsaturated/α-hetero) is 1. The largest absolute Gasteiger partial charge is 0.302 e. The maximum absolute atomic E-state index is 13.1. The van der Waals surface area contributed by atoms with Crippen LogP contribution in [0, 0.1) is 5.92 Å². The summed E-state index contributed by atoms with van der Waals surface area (Å²) < 4.78 is 0. The molecule has 0 aromatic heterocycles. The van der Waals surface area contributed by atoms with Gasteiger partial charge in [-0.25, -0.2) is 0 Å². The number of thiocarbonyl (C=S) groups is 1. The molecule has 2 aliphatic heterocycles. The summed E-state index contributed by atoms with van der Waals surface area (Å²) in [6, 6.07) is 7.42. The fourth-order valence-electron chi connectivity index (χ4n) is 3.72. The van der Waals surface area contributed by atoms with Gasteiger partial charge in [-0.15, -0.1) is 11.8 Å². The lowest BCUT2D eigenvalue weighted by molar-refractivity contribution is -0.130. The number of rotatable bonds is 5. The highest BCUT2D eigenvalue weighted by atomic mass is 32.2. The maximum Gasteiger partial charge on any atom is 0.235 e. The Morgan fingerprint density at radius 2 is 2.14 bits per heavy atom. The zero-order valence-corrected chi connectivity index (χ0v) is 16.6. The number of hydrogen-bond donors (Lipinski definition) is 1. The monoisotopic (exact) mass is 410 g/mol. The van der Waals surface area contributed by atoms with Crippen LogP contribution in [0.3, 0.4) is 0 Å². The van der Waals surface area contributed by atoms with Gasteiger partial charge in [0.1, 0.15) is 6.29 Å². The molecule has 142 valence electrons. The Balaban J connectivity index is 1.51. The molecule has 2 atom stereocenters. The van der Waals surface area contributed by atoms with Crippen LogP contribution in [0.15, 0.2) is 52.6 Å². The molecule has 28 heavy (non-hydrogen) atoms. The van der Waals surface area contributed by atoms with Crippen molar-refractivity contribution in [3.63, 3.8) is 0 Å². The smallest absolute Gasteiger partial charge is 0.235 e. The first-order valence-corrected chi connectivity index (χ1v) is 10.3. The van der Waals surface area contributed by atoms with E-state index in [1.165, 1.54) is 22.2 Å². The number of allylic oxidation sites excluding steroid dienone is 1. The Morgan fingerprint density at radius 1 is 1.32 bits per heavy atom. The molecule has 4 rings (SSSR count). The van der Waals surface area contributed by atoms with Crippen molar-refractivity contribution in [2.45, 2.75) is 18.9 Å². The first-order chi connectivity index (χ1) is 13.6. The molecule has 0 bridgehead atoms. The van der Waals surface area contributed by atoms with Crippen LogP contribution < -0.4 is 5.32 Å². The van der Waals surface area contributed by atoms with Gasteiger partial charge in [-0.05, 0) is 23.0 Å². The predicted octanol–water partition coefficient (Wildman–Crippen LogP) is 2.63. The molecule has 3 aliphatic rings. The number of hydrogen-bond acceptors (Lipinski definition) is 6. The summed E-state index contributed by atoms with van der Waals surface area (Å²) in [5, 5.41) is 6.36. The third-order valence-corrected chi connectivity index (χ3v) is 6.14. The first kappa shape index (κ1) is 19.0. The van der Waals surface area contributed by atoms with Gasteiger partial charge >= 0.3 is 0 Å². The lowest BCUT2D eigenvalue weighted by Crippen LogP contribution is -2.39. The Morgan fingerprint density at radius 3 is 2.93 bits per heavy atom. The molecule has 1 fully saturated rings. The van der Waals surface area contributed by atoms with E-state index in [-0.39, 0.29) is 23.8 Å². The SMILES string of the molecule is O=C[C@H]1NCC(=S)C1C(=O)C1=CSC=CN1C(=O)CC1=Cc2ccccc2C1. The summed E-state index contributed by atoms with van der Waals surface area (Å²) in [5.74, 6) is -1.17. The van der Waals surface area contributed by atoms with E-state index in [1.54, 1.807) is 17.0 Å². The number of thioether (sulfide) groups is 1. The number of aldehydes is 1. The molecule has 7 heteroatoms. The quantitative estimate of drug-likeness (QED) is 0.595. The minimum absolute atomic E-state index is 0.172. The molecule has 1 aromatic carbocycles. The number of nitrogens with zero attached hydrogens (tertiary/aromatic N) is 1. The van der Waals surface area contributed by atoms with Crippen LogP contribution in [0.1, 0.15) is 17.5 Å². The van der Waals surface area contributed by atoms with Gasteiger partial charge < -0.3 is 10.1 Å². The number of carbonyl (C=O) groups excluding carboxylic acids is 3. The van der Waals surface area contributed by atoms with E-state index in [0.717, 1.165) is 17.6 Å². The number of nitrogens with one attached hydrogen (secondary N) is 1. The van der Waals surface area contributed by atoms with Crippen LogP contribution in [0.5, 0.6) is 0 Å². The summed E-state index contributed by atoms with van der Waals surface area (Å²) in [6.45, 7) is 0.352.